The predicted octanol–water partition coefficient (Wildman–Crippen LogP) is 10.8. The normalized spacial score (nSPS) is 12.6. The molecule has 42 heavy (non-hydrogen) atoms. The maximum atomic E-state index is 2.99. The molecule has 5 aromatic rings. The van der Waals surface area contributed by atoms with Crippen molar-refractivity contribution in [3.8, 4) is 0 Å². The van der Waals surface area contributed by atoms with Gasteiger partial charge >= 0.3 is 112 Å². The second kappa shape index (κ2) is 14.4. The van der Waals surface area contributed by atoms with E-state index in [1.165, 1.54) is 43.8 Å². The van der Waals surface area contributed by atoms with Gasteiger partial charge in [0.15, 0.2) is 0 Å². The summed E-state index contributed by atoms with van der Waals surface area (Å²) in [6.07, 6.45) is 12.2. The molecular weight excluding hydrogens is 584 g/mol. The van der Waals surface area contributed by atoms with Crippen LogP contribution in [0.2, 0.25) is 0 Å². The Morgan fingerprint density at radius 1 is 0.667 bits per heavy atom. The monoisotopic (exact) mass is 626 g/mol. The topological polar surface area (TPSA) is 0 Å². The molecule has 0 atom stereocenters. The zero-order valence-electron chi connectivity index (χ0n) is 26.2. The van der Waals surface area contributed by atoms with Crippen molar-refractivity contribution in [1.82, 2.24) is 0 Å². The van der Waals surface area contributed by atoms with Crippen molar-refractivity contribution in [2.24, 2.45) is 0 Å². The van der Waals surface area contributed by atoms with Crippen molar-refractivity contribution in [2.75, 3.05) is 0 Å². The molecule has 0 aliphatic heterocycles. The van der Waals surface area contributed by atoms with Gasteiger partial charge < -0.3 is 0 Å². The first-order valence-corrected chi connectivity index (χ1v) is 16.2. The van der Waals surface area contributed by atoms with Gasteiger partial charge in [-0.25, -0.2) is 12.2 Å². The summed E-state index contributed by atoms with van der Waals surface area (Å²) in [4.78, 5) is 0. The first kappa shape index (κ1) is 31.9. The summed E-state index contributed by atoms with van der Waals surface area (Å²) in [5.74, 6) is 0. The van der Waals surface area contributed by atoms with E-state index in [4.69, 9.17) is 0 Å². The van der Waals surface area contributed by atoms with Gasteiger partial charge in [-0.15, -0.1) is 46.2 Å². The van der Waals surface area contributed by atoms with Crippen LogP contribution in [-0.4, -0.2) is 3.21 Å². The average molecular weight is 628 g/mol. The van der Waals surface area contributed by atoms with Crippen LogP contribution >= 0.6 is 0 Å². The summed E-state index contributed by atoms with van der Waals surface area (Å²) < 4.78 is 1.60. The molecule has 0 saturated carbocycles. The van der Waals surface area contributed by atoms with Crippen molar-refractivity contribution >= 4 is 24.8 Å². The van der Waals surface area contributed by atoms with Crippen LogP contribution in [0.1, 0.15) is 70.2 Å². The molecule has 0 radical (unpaired) electrons. The molecule has 1 heteroatoms. The SMILES string of the molecule is CC(C)(C)c1ccc2c(c1)[cH-]c1cc(C(C)(C)C)ccc12.[C-]1=CC=CC1.[Zr+2]=[C](Cc1ccccc1)Cc1ccccc1. The molecule has 0 N–H and O–H groups in total. The van der Waals surface area contributed by atoms with E-state index in [9.17, 15) is 0 Å². The molecule has 0 heterocycles. The molecule has 5 aromatic carbocycles. The standard InChI is InChI=1S/C21H25.C15H14.C5H5.Zr/c1-20(2,3)16-7-9-18-14(12-16)11-15-13-17(21(4,5)6)8-10-19(15)18;1-3-8-14(9-4-1)12-7-13-15-10-5-2-6-11-15;1-2-4-5-3-1;/h7-13H,1-6H3;1-6,8-11H,12-13H2;1-3H,4H2;/q-1;;-1;+2. The van der Waals surface area contributed by atoms with Gasteiger partial charge in [-0.3, -0.25) is 6.08 Å². The van der Waals surface area contributed by atoms with Crippen molar-refractivity contribution in [3.63, 3.8) is 0 Å². The molecule has 0 spiro atoms. The van der Waals surface area contributed by atoms with Gasteiger partial charge in [-0.2, -0.15) is 6.08 Å². The minimum atomic E-state index is 0.203. The van der Waals surface area contributed by atoms with Gasteiger partial charge in [0.2, 0.25) is 0 Å². The van der Waals surface area contributed by atoms with E-state index in [-0.39, 0.29) is 10.8 Å². The third-order valence-electron chi connectivity index (χ3n) is 7.54. The molecule has 0 aromatic heterocycles. The number of fused-ring (bicyclic) bond motifs is 3. The molecule has 0 amide bonds. The number of hydrogen-bond acceptors (Lipinski definition) is 0. The van der Waals surface area contributed by atoms with Crippen molar-refractivity contribution < 1.29 is 24.2 Å². The van der Waals surface area contributed by atoms with Gasteiger partial charge in [0.25, 0.3) is 0 Å². The van der Waals surface area contributed by atoms with Gasteiger partial charge in [-0.1, -0.05) is 76.9 Å². The molecule has 0 fully saturated rings. The Labute approximate surface area is 268 Å². The number of hydrogen-bond donors (Lipinski definition) is 0. The Morgan fingerprint density at radius 3 is 1.45 bits per heavy atom. The van der Waals surface area contributed by atoms with E-state index in [2.05, 4.69) is 157 Å². The third-order valence-corrected chi connectivity index (χ3v) is 8.41. The molecule has 212 valence electrons. The number of rotatable bonds is 4. The molecule has 1 aliphatic rings. The molecular formula is C41H44Zr. The number of benzene rings is 4. The van der Waals surface area contributed by atoms with Crippen LogP contribution in [0.3, 0.4) is 0 Å². The summed E-state index contributed by atoms with van der Waals surface area (Å²) in [6.45, 7) is 13.6. The Bertz CT molecular complexity index is 1530. The van der Waals surface area contributed by atoms with Gasteiger partial charge in [-0.05, 0) is 10.8 Å². The first-order chi connectivity index (χ1) is 20.0. The van der Waals surface area contributed by atoms with E-state index in [0.29, 0.717) is 0 Å². The van der Waals surface area contributed by atoms with E-state index >= 15 is 0 Å². The van der Waals surface area contributed by atoms with Crippen molar-refractivity contribution in [2.45, 2.75) is 71.6 Å². The van der Waals surface area contributed by atoms with Crippen molar-refractivity contribution in [3.05, 3.63) is 150 Å². The summed E-state index contributed by atoms with van der Waals surface area (Å²) in [5.41, 5.74) is 6.06. The van der Waals surface area contributed by atoms with Crippen molar-refractivity contribution in [1.29, 1.82) is 0 Å². The molecule has 0 unspecified atom stereocenters. The molecule has 0 nitrogen and oxygen atoms in total. The first-order valence-electron chi connectivity index (χ1n) is 15.0. The summed E-state index contributed by atoms with van der Waals surface area (Å²) >= 11 is 1.55. The van der Waals surface area contributed by atoms with Crippen LogP contribution < -0.4 is 0 Å². The van der Waals surface area contributed by atoms with Crippen LogP contribution in [0.4, 0.5) is 0 Å². The van der Waals surface area contributed by atoms with Crippen LogP contribution in [0.25, 0.3) is 21.5 Å². The van der Waals surface area contributed by atoms with E-state index < -0.39 is 0 Å². The fourth-order valence-corrected chi connectivity index (χ4v) is 6.05. The maximum absolute atomic E-state index is 2.99. The van der Waals surface area contributed by atoms with Crippen LogP contribution in [0, 0.1) is 6.08 Å². The second-order valence-electron chi connectivity index (χ2n) is 13.2. The summed E-state index contributed by atoms with van der Waals surface area (Å²) in [6, 6.07) is 37.6. The zero-order chi connectivity index (χ0) is 30.2. The molecule has 6 rings (SSSR count). The zero-order valence-corrected chi connectivity index (χ0v) is 28.6. The Morgan fingerprint density at radius 2 is 1.12 bits per heavy atom. The van der Waals surface area contributed by atoms with Gasteiger partial charge in [0.05, 0.1) is 0 Å². The van der Waals surface area contributed by atoms with Crippen LogP contribution in [0.15, 0.2) is 121 Å². The van der Waals surface area contributed by atoms with E-state index in [1.54, 1.807) is 27.4 Å². The Balaban J connectivity index is 0.000000170. The summed E-state index contributed by atoms with van der Waals surface area (Å²) in [5, 5.41) is 5.48. The third kappa shape index (κ3) is 9.24. The van der Waals surface area contributed by atoms with E-state index in [1.807, 2.05) is 12.2 Å². The fourth-order valence-electron chi connectivity index (χ4n) is 5.04. The predicted molar refractivity (Wildman–Crippen MR) is 181 cm³/mol. The number of allylic oxidation sites excluding steroid dienone is 4. The minimum absolute atomic E-state index is 0.203. The van der Waals surface area contributed by atoms with Crippen LogP contribution in [0.5, 0.6) is 0 Å². The average Bonchev–Trinajstić information content (AvgIpc) is 3.65. The molecule has 0 bridgehead atoms. The quantitative estimate of drug-likeness (QED) is 0.174. The molecule has 1 aliphatic carbocycles. The Hall–Kier alpha value is -3.02. The second-order valence-corrected chi connectivity index (χ2v) is 14.9. The van der Waals surface area contributed by atoms with E-state index in [0.717, 1.165) is 19.3 Å². The fraction of sp³-hybridized carbons (Fsp3) is 0.268. The Kier molecular flexibility index (Phi) is 11.0. The van der Waals surface area contributed by atoms with Gasteiger partial charge in [0.1, 0.15) is 0 Å². The molecule has 0 saturated heterocycles. The van der Waals surface area contributed by atoms with Gasteiger partial charge in [0, 0.05) is 0 Å². The summed E-state index contributed by atoms with van der Waals surface area (Å²) in [7, 11) is 0. The van der Waals surface area contributed by atoms with Crippen LogP contribution in [-0.2, 0) is 47.9 Å².